The van der Waals surface area contributed by atoms with Gasteiger partial charge in [-0.15, -0.1) is 0 Å². The van der Waals surface area contributed by atoms with Crippen molar-refractivity contribution in [2.75, 3.05) is 0 Å². The van der Waals surface area contributed by atoms with E-state index in [0.29, 0.717) is 12.0 Å². The number of benzene rings is 2. The molecule has 0 spiro atoms. The van der Waals surface area contributed by atoms with E-state index >= 15 is 0 Å². The van der Waals surface area contributed by atoms with E-state index in [4.69, 9.17) is 0 Å². The summed E-state index contributed by atoms with van der Waals surface area (Å²) < 4.78 is 0. The lowest BCUT2D eigenvalue weighted by Gasteiger charge is -2.29. The molecule has 1 aliphatic carbocycles. The molecule has 0 atom stereocenters. The highest BCUT2D eigenvalue weighted by Crippen LogP contribution is 2.32. The van der Waals surface area contributed by atoms with Gasteiger partial charge in [-0.2, -0.15) is 0 Å². The minimum atomic E-state index is 0.0619. The van der Waals surface area contributed by atoms with Crippen LogP contribution in [-0.2, 0) is 0 Å². The van der Waals surface area contributed by atoms with Crippen LogP contribution in [0.3, 0.4) is 0 Å². The first kappa shape index (κ1) is 14.8. The molecule has 0 radical (unpaired) electrons. The molecule has 0 heterocycles. The number of rotatable bonds is 3. The van der Waals surface area contributed by atoms with Crippen molar-refractivity contribution >= 4 is 5.91 Å². The number of carbonyl (C=O) groups is 1. The lowest BCUT2D eigenvalue weighted by molar-refractivity contribution is 0.0925. The van der Waals surface area contributed by atoms with Crippen molar-refractivity contribution in [2.24, 2.45) is 0 Å². The van der Waals surface area contributed by atoms with Gasteiger partial charge in [-0.25, -0.2) is 0 Å². The fraction of sp³-hybridized carbons (Fsp3) is 0.350. The molecule has 22 heavy (non-hydrogen) atoms. The van der Waals surface area contributed by atoms with Gasteiger partial charge in [-0.1, -0.05) is 48.0 Å². The Bertz CT molecular complexity index is 627. The Hall–Kier alpha value is -2.09. The van der Waals surface area contributed by atoms with Crippen molar-refractivity contribution in [1.29, 1.82) is 0 Å². The Morgan fingerprint density at radius 2 is 1.68 bits per heavy atom. The Balaban J connectivity index is 1.55. The highest BCUT2D eigenvalue weighted by Gasteiger charge is 2.23. The Kier molecular flexibility index (Phi) is 4.57. The van der Waals surface area contributed by atoms with E-state index in [1.54, 1.807) is 0 Å². The number of hydrogen-bond donors (Lipinski definition) is 1. The van der Waals surface area contributed by atoms with Gasteiger partial charge in [-0.3, -0.25) is 4.79 Å². The van der Waals surface area contributed by atoms with Gasteiger partial charge in [0.05, 0.1) is 0 Å². The summed E-state index contributed by atoms with van der Waals surface area (Å²) in [5, 5.41) is 3.20. The van der Waals surface area contributed by atoms with Crippen molar-refractivity contribution in [2.45, 2.75) is 44.6 Å². The van der Waals surface area contributed by atoms with Crippen molar-refractivity contribution in [3.05, 3.63) is 71.3 Å². The van der Waals surface area contributed by atoms with Crippen molar-refractivity contribution in [3.8, 4) is 0 Å². The van der Waals surface area contributed by atoms with Crippen LogP contribution in [0.25, 0.3) is 0 Å². The molecular formula is C20H23NO. The van der Waals surface area contributed by atoms with Gasteiger partial charge in [0.2, 0.25) is 0 Å². The second-order valence-corrected chi connectivity index (χ2v) is 6.30. The fourth-order valence-corrected chi connectivity index (χ4v) is 3.35. The number of nitrogens with one attached hydrogen (secondary N) is 1. The highest BCUT2D eigenvalue weighted by atomic mass is 16.1. The Labute approximate surface area is 132 Å². The third-order valence-electron chi connectivity index (χ3n) is 4.61. The molecule has 0 aromatic heterocycles. The van der Waals surface area contributed by atoms with Gasteiger partial charge in [-0.05, 0) is 56.2 Å². The molecule has 1 fully saturated rings. The Morgan fingerprint density at radius 3 is 2.36 bits per heavy atom. The predicted octanol–water partition coefficient (Wildman–Crippen LogP) is 4.45. The zero-order chi connectivity index (χ0) is 15.4. The molecular weight excluding hydrogens is 270 g/mol. The fourth-order valence-electron chi connectivity index (χ4n) is 3.35. The van der Waals surface area contributed by atoms with Crippen LogP contribution < -0.4 is 5.32 Å². The van der Waals surface area contributed by atoms with Gasteiger partial charge in [0.15, 0.2) is 0 Å². The molecule has 0 saturated heterocycles. The summed E-state index contributed by atoms with van der Waals surface area (Å²) >= 11 is 0. The first-order valence-electron chi connectivity index (χ1n) is 8.15. The normalized spacial score (nSPS) is 21.3. The SMILES string of the molecule is Cc1cccc(C(=O)NC2CCC(c3ccccc3)CC2)c1. The molecule has 0 unspecified atom stereocenters. The quantitative estimate of drug-likeness (QED) is 0.890. The minimum Gasteiger partial charge on any atom is -0.349 e. The lowest BCUT2D eigenvalue weighted by Crippen LogP contribution is -2.37. The van der Waals surface area contributed by atoms with Crippen molar-refractivity contribution in [1.82, 2.24) is 5.32 Å². The molecule has 0 bridgehead atoms. The average Bonchev–Trinajstić information content (AvgIpc) is 2.56. The molecule has 0 aliphatic heterocycles. The maximum absolute atomic E-state index is 12.3. The van der Waals surface area contributed by atoms with Crippen molar-refractivity contribution < 1.29 is 4.79 Å². The summed E-state index contributed by atoms with van der Waals surface area (Å²) in [7, 11) is 0. The van der Waals surface area contributed by atoms with E-state index < -0.39 is 0 Å². The van der Waals surface area contributed by atoms with Gasteiger partial charge >= 0.3 is 0 Å². The van der Waals surface area contributed by atoms with Crippen LogP contribution in [0.4, 0.5) is 0 Å². The van der Waals surface area contributed by atoms with E-state index in [1.165, 1.54) is 5.56 Å². The first-order valence-corrected chi connectivity index (χ1v) is 8.15. The summed E-state index contributed by atoms with van der Waals surface area (Å²) in [6.07, 6.45) is 4.44. The molecule has 1 amide bonds. The Morgan fingerprint density at radius 1 is 0.955 bits per heavy atom. The average molecular weight is 293 g/mol. The minimum absolute atomic E-state index is 0.0619. The van der Waals surface area contributed by atoms with E-state index in [9.17, 15) is 4.79 Å². The molecule has 2 aromatic rings. The first-order chi connectivity index (χ1) is 10.7. The van der Waals surface area contributed by atoms with Crippen LogP contribution in [-0.4, -0.2) is 11.9 Å². The van der Waals surface area contributed by atoms with E-state index in [1.807, 2.05) is 31.2 Å². The van der Waals surface area contributed by atoms with Crippen LogP contribution in [0.1, 0.15) is 53.1 Å². The topological polar surface area (TPSA) is 29.1 Å². The second-order valence-electron chi connectivity index (χ2n) is 6.30. The predicted molar refractivity (Wildman–Crippen MR) is 90.1 cm³/mol. The smallest absolute Gasteiger partial charge is 0.251 e. The second kappa shape index (κ2) is 6.78. The molecule has 2 aromatic carbocycles. The summed E-state index contributed by atoms with van der Waals surface area (Å²) in [6, 6.07) is 18.8. The maximum Gasteiger partial charge on any atom is 0.251 e. The van der Waals surface area contributed by atoms with Gasteiger partial charge in [0.25, 0.3) is 5.91 Å². The zero-order valence-electron chi connectivity index (χ0n) is 13.1. The van der Waals surface area contributed by atoms with Crippen LogP contribution in [0, 0.1) is 6.92 Å². The molecule has 1 saturated carbocycles. The van der Waals surface area contributed by atoms with Crippen LogP contribution in [0.5, 0.6) is 0 Å². The largest absolute Gasteiger partial charge is 0.349 e. The maximum atomic E-state index is 12.3. The molecule has 114 valence electrons. The summed E-state index contributed by atoms with van der Waals surface area (Å²) in [4.78, 5) is 12.3. The zero-order valence-corrected chi connectivity index (χ0v) is 13.1. The number of aryl methyl sites for hydroxylation is 1. The number of carbonyl (C=O) groups excluding carboxylic acids is 1. The third-order valence-corrected chi connectivity index (χ3v) is 4.61. The van der Waals surface area contributed by atoms with E-state index in [2.05, 4.69) is 35.6 Å². The van der Waals surface area contributed by atoms with Crippen LogP contribution in [0.15, 0.2) is 54.6 Å². The standard InChI is InChI=1S/C20H23NO/c1-15-6-5-9-18(14-15)20(22)21-19-12-10-17(11-13-19)16-7-3-2-4-8-16/h2-9,14,17,19H,10-13H2,1H3,(H,21,22). The lowest BCUT2D eigenvalue weighted by atomic mass is 9.82. The van der Waals surface area contributed by atoms with E-state index in [0.717, 1.165) is 36.8 Å². The summed E-state index contributed by atoms with van der Waals surface area (Å²) in [6.45, 7) is 2.02. The summed E-state index contributed by atoms with van der Waals surface area (Å²) in [5.74, 6) is 0.709. The molecule has 1 aliphatic rings. The molecule has 2 nitrogen and oxygen atoms in total. The van der Waals surface area contributed by atoms with Gasteiger partial charge in [0.1, 0.15) is 0 Å². The third kappa shape index (κ3) is 3.56. The molecule has 3 rings (SSSR count). The summed E-state index contributed by atoms with van der Waals surface area (Å²) in [5.41, 5.74) is 3.33. The van der Waals surface area contributed by atoms with Gasteiger partial charge in [0, 0.05) is 11.6 Å². The van der Waals surface area contributed by atoms with Crippen LogP contribution in [0.2, 0.25) is 0 Å². The monoisotopic (exact) mass is 293 g/mol. The molecule has 2 heteroatoms. The van der Waals surface area contributed by atoms with E-state index in [-0.39, 0.29) is 5.91 Å². The highest BCUT2D eigenvalue weighted by molar-refractivity contribution is 5.94. The van der Waals surface area contributed by atoms with Crippen molar-refractivity contribution in [3.63, 3.8) is 0 Å². The molecule has 1 N–H and O–H groups in total. The van der Waals surface area contributed by atoms with Crippen LogP contribution >= 0.6 is 0 Å². The number of hydrogen-bond acceptors (Lipinski definition) is 1. The number of amides is 1. The van der Waals surface area contributed by atoms with Gasteiger partial charge < -0.3 is 5.32 Å².